The molecule has 2 unspecified atom stereocenters. The van der Waals surface area contributed by atoms with Crippen LogP contribution in [0, 0.1) is 0 Å². The van der Waals surface area contributed by atoms with Crippen molar-refractivity contribution in [3.05, 3.63) is 36.5 Å². The van der Waals surface area contributed by atoms with Gasteiger partial charge in [-0.05, 0) is 64.2 Å². The molecular formula is C61H115NO5. The molecular weight excluding hydrogens is 827 g/mol. The van der Waals surface area contributed by atoms with Crippen molar-refractivity contribution in [3.63, 3.8) is 0 Å². The summed E-state index contributed by atoms with van der Waals surface area (Å²) in [5.74, 6) is -0.110. The molecule has 0 aromatic carbocycles. The van der Waals surface area contributed by atoms with Gasteiger partial charge in [0.2, 0.25) is 5.91 Å². The molecule has 0 saturated carbocycles. The van der Waals surface area contributed by atoms with Crippen LogP contribution in [0.15, 0.2) is 36.5 Å². The number of aliphatic hydroxyl groups excluding tert-OH is 2. The molecule has 0 aliphatic heterocycles. The van der Waals surface area contributed by atoms with E-state index < -0.39 is 12.1 Å². The number of aliphatic hydroxyl groups is 2. The van der Waals surface area contributed by atoms with Crippen LogP contribution in [-0.2, 0) is 14.3 Å². The predicted octanol–water partition coefficient (Wildman–Crippen LogP) is 18.4. The van der Waals surface area contributed by atoms with Gasteiger partial charge in [-0.1, -0.05) is 275 Å². The molecule has 1 amide bonds. The first kappa shape index (κ1) is 65.1. The summed E-state index contributed by atoms with van der Waals surface area (Å²) in [5.41, 5.74) is 0. The normalized spacial score (nSPS) is 12.8. The van der Waals surface area contributed by atoms with E-state index in [0.717, 1.165) is 77.0 Å². The third-order valence-corrected chi connectivity index (χ3v) is 13.7. The Kier molecular flexibility index (Phi) is 55.0. The van der Waals surface area contributed by atoms with Crippen molar-refractivity contribution >= 4 is 11.9 Å². The highest BCUT2D eigenvalue weighted by Crippen LogP contribution is 2.17. The van der Waals surface area contributed by atoms with Crippen molar-refractivity contribution in [1.82, 2.24) is 5.32 Å². The predicted molar refractivity (Wildman–Crippen MR) is 292 cm³/mol. The Morgan fingerprint density at radius 1 is 0.418 bits per heavy atom. The van der Waals surface area contributed by atoms with E-state index in [0.29, 0.717) is 19.4 Å². The number of esters is 1. The summed E-state index contributed by atoms with van der Waals surface area (Å²) in [6, 6.07) is -0.645. The summed E-state index contributed by atoms with van der Waals surface area (Å²) < 4.78 is 5.44. The van der Waals surface area contributed by atoms with Gasteiger partial charge in [-0.2, -0.15) is 0 Å². The zero-order valence-electron chi connectivity index (χ0n) is 44.9. The topological polar surface area (TPSA) is 95.9 Å². The number of hydrogen-bond acceptors (Lipinski definition) is 5. The molecule has 0 fully saturated rings. The first-order valence-corrected chi connectivity index (χ1v) is 29.8. The number of allylic oxidation sites excluding steroid dienone is 5. The highest BCUT2D eigenvalue weighted by Gasteiger charge is 2.18. The maximum absolute atomic E-state index is 12.5. The smallest absolute Gasteiger partial charge is 0.305 e. The van der Waals surface area contributed by atoms with Crippen LogP contribution in [-0.4, -0.2) is 47.4 Å². The fourth-order valence-electron chi connectivity index (χ4n) is 9.10. The summed E-state index contributed by atoms with van der Waals surface area (Å²) in [7, 11) is 0. The van der Waals surface area contributed by atoms with Crippen molar-refractivity contribution in [1.29, 1.82) is 0 Å². The van der Waals surface area contributed by atoms with Crippen LogP contribution in [0.2, 0.25) is 0 Å². The Bertz CT molecular complexity index is 1090. The van der Waals surface area contributed by atoms with E-state index in [1.54, 1.807) is 6.08 Å². The summed E-state index contributed by atoms with van der Waals surface area (Å²) in [4.78, 5) is 24.5. The van der Waals surface area contributed by atoms with Crippen molar-refractivity contribution in [3.8, 4) is 0 Å². The number of rotatable bonds is 55. The number of carbonyl (C=O) groups excluding carboxylic acids is 2. The van der Waals surface area contributed by atoms with E-state index in [-0.39, 0.29) is 18.5 Å². The van der Waals surface area contributed by atoms with Gasteiger partial charge in [0, 0.05) is 12.8 Å². The average Bonchev–Trinajstić information content (AvgIpc) is 3.33. The van der Waals surface area contributed by atoms with Gasteiger partial charge in [0.15, 0.2) is 0 Å². The molecule has 0 radical (unpaired) electrons. The third kappa shape index (κ3) is 53.3. The van der Waals surface area contributed by atoms with E-state index in [4.69, 9.17) is 4.74 Å². The number of amides is 1. The van der Waals surface area contributed by atoms with Gasteiger partial charge >= 0.3 is 5.97 Å². The first-order chi connectivity index (χ1) is 33.0. The molecule has 3 N–H and O–H groups in total. The fourth-order valence-corrected chi connectivity index (χ4v) is 9.10. The SMILES string of the molecule is CCCCCCCCCCCCCCCCCCCCCCC/C=C/C(O)C(CO)NC(=O)CCCCCCCC/C=C\C=C/CCCCCOC(=O)CCCCCCCCCCCCCC. The molecule has 0 aliphatic carbocycles. The molecule has 0 rings (SSSR count). The van der Waals surface area contributed by atoms with E-state index in [1.165, 1.54) is 212 Å². The summed E-state index contributed by atoms with van der Waals surface area (Å²) >= 11 is 0. The molecule has 394 valence electrons. The average molecular weight is 943 g/mol. The zero-order chi connectivity index (χ0) is 48.6. The lowest BCUT2D eigenvalue weighted by atomic mass is 10.0. The quantitative estimate of drug-likeness (QED) is 0.0244. The fraction of sp³-hybridized carbons (Fsp3) is 0.869. The third-order valence-electron chi connectivity index (χ3n) is 13.7. The van der Waals surface area contributed by atoms with E-state index in [2.05, 4.69) is 43.5 Å². The highest BCUT2D eigenvalue weighted by atomic mass is 16.5. The second-order valence-electron chi connectivity index (χ2n) is 20.4. The molecule has 2 atom stereocenters. The van der Waals surface area contributed by atoms with Gasteiger partial charge in [0.25, 0.3) is 0 Å². The molecule has 0 spiro atoms. The van der Waals surface area contributed by atoms with Crippen molar-refractivity contribution in [2.45, 2.75) is 328 Å². The Morgan fingerprint density at radius 3 is 1.10 bits per heavy atom. The van der Waals surface area contributed by atoms with Crippen LogP contribution in [0.3, 0.4) is 0 Å². The van der Waals surface area contributed by atoms with Gasteiger partial charge in [0.1, 0.15) is 0 Å². The second-order valence-corrected chi connectivity index (χ2v) is 20.4. The summed E-state index contributed by atoms with van der Waals surface area (Å²) in [5, 5.41) is 23.2. The van der Waals surface area contributed by atoms with E-state index in [1.807, 2.05) is 6.08 Å². The maximum atomic E-state index is 12.5. The highest BCUT2D eigenvalue weighted by molar-refractivity contribution is 5.76. The monoisotopic (exact) mass is 942 g/mol. The van der Waals surface area contributed by atoms with Gasteiger partial charge in [-0.3, -0.25) is 9.59 Å². The van der Waals surface area contributed by atoms with Crippen LogP contribution >= 0.6 is 0 Å². The van der Waals surface area contributed by atoms with Crippen molar-refractivity contribution in [2.24, 2.45) is 0 Å². The molecule has 0 saturated heterocycles. The molecule has 6 heteroatoms. The molecule has 0 aromatic rings. The lowest BCUT2D eigenvalue weighted by Gasteiger charge is -2.20. The van der Waals surface area contributed by atoms with Crippen LogP contribution in [0.25, 0.3) is 0 Å². The van der Waals surface area contributed by atoms with E-state index >= 15 is 0 Å². The molecule has 67 heavy (non-hydrogen) atoms. The minimum atomic E-state index is -0.860. The Balaban J connectivity index is 3.54. The standard InChI is InChI=1S/C61H115NO5/c1-3-5-7-9-11-13-15-17-18-19-20-21-22-23-24-25-27-30-33-37-41-45-49-53-59(64)58(57-63)62-60(65)54-50-46-42-38-34-31-28-26-29-32-36-40-44-48-52-56-67-61(66)55-51-47-43-39-35-16-14-12-10-8-6-4-2/h26,29,32,36,49,53,58-59,63-64H,3-25,27-28,30-31,33-35,37-48,50-52,54-57H2,1-2H3,(H,62,65)/b29-26-,36-32-,53-49+. The number of unbranched alkanes of at least 4 members (excludes halogenated alkanes) is 41. The van der Waals surface area contributed by atoms with Gasteiger partial charge in [0.05, 0.1) is 25.4 Å². The van der Waals surface area contributed by atoms with Crippen LogP contribution in [0.4, 0.5) is 0 Å². The number of carbonyl (C=O) groups is 2. The minimum absolute atomic E-state index is 0.0219. The van der Waals surface area contributed by atoms with Crippen molar-refractivity contribution in [2.75, 3.05) is 13.2 Å². The first-order valence-electron chi connectivity index (χ1n) is 29.8. The lowest BCUT2D eigenvalue weighted by molar-refractivity contribution is -0.143. The Labute approximate surface area is 417 Å². The number of nitrogens with one attached hydrogen (secondary N) is 1. The van der Waals surface area contributed by atoms with Crippen LogP contribution in [0.1, 0.15) is 316 Å². The number of hydrogen-bond donors (Lipinski definition) is 3. The largest absolute Gasteiger partial charge is 0.466 e. The molecule has 0 heterocycles. The molecule has 0 aliphatic rings. The molecule has 0 aromatic heterocycles. The van der Waals surface area contributed by atoms with Gasteiger partial charge < -0.3 is 20.3 Å². The summed E-state index contributed by atoms with van der Waals surface area (Å²) in [6.07, 6.45) is 70.3. The van der Waals surface area contributed by atoms with Gasteiger partial charge in [-0.15, -0.1) is 0 Å². The maximum Gasteiger partial charge on any atom is 0.305 e. The zero-order valence-corrected chi connectivity index (χ0v) is 44.9. The molecule has 6 nitrogen and oxygen atoms in total. The van der Waals surface area contributed by atoms with E-state index in [9.17, 15) is 19.8 Å². The second kappa shape index (κ2) is 56.7. The number of ether oxygens (including phenoxy) is 1. The molecule has 0 bridgehead atoms. The van der Waals surface area contributed by atoms with Crippen LogP contribution < -0.4 is 5.32 Å². The van der Waals surface area contributed by atoms with Gasteiger partial charge in [-0.25, -0.2) is 0 Å². The Hall–Kier alpha value is -1.92. The lowest BCUT2D eigenvalue weighted by Crippen LogP contribution is -2.45. The van der Waals surface area contributed by atoms with Crippen molar-refractivity contribution < 1.29 is 24.5 Å². The summed E-state index contributed by atoms with van der Waals surface area (Å²) in [6.45, 7) is 4.86. The Morgan fingerprint density at radius 2 is 0.731 bits per heavy atom. The van der Waals surface area contributed by atoms with Crippen LogP contribution in [0.5, 0.6) is 0 Å². The minimum Gasteiger partial charge on any atom is -0.466 e.